The number of aryl methyl sites for hydroxylation is 1. The fourth-order valence-electron chi connectivity index (χ4n) is 4.87. The number of nitrogens with zero attached hydrogens (tertiary/aromatic N) is 4. The van der Waals surface area contributed by atoms with Crippen molar-refractivity contribution in [3.05, 3.63) is 18.7 Å². The van der Waals surface area contributed by atoms with Crippen molar-refractivity contribution >= 4 is 5.91 Å². The Kier molecular flexibility index (Phi) is 5.08. The fraction of sp³-hybridized carbons (Fsp3) is 0.789. The molecule has 1 aromatic heterocycles. The summed E-state index contributed by atoms with van der Waals surface area (Å²) < 4.78 is 7.61. The molecule has 0 unspecified atom stereocenters. The van der Waals surface area contributed by atoms with Gasteiger partial charge in [0.1, 0.15) is 0 Å². The first-order chi connectivity index (χ1) is 12.3. The molecule has 0 aliphatic carbocycles. The first-order valence-corrected chi connectivity index (χ1v) is 9.84. The number of rotatable bonds is 5. The molecule has 4 heterocycles. The Balaban J connectivity index is 1.32. The molecule has 3 saturated heterocycles. The number of piperidine rings is 1. The van der Waals surface area contributed by atoms with Crippen molar-refractivity contribution in [2.45, 2.75) is 51.1 Å². The summed E-state index contributed by atoms with van der Waals surface area (Å²) in [4.78, 5) is 22.1. The Labute approximate surface area is 150 Å². The molecule has 6 heteroatoms. The van der Waals surface area contributed by atoms with Gasteiger partial charge in [0.25, 0.3) is 0 Å². The number of aromatic nitrogens is 2. The van der Waals surface area contributed by atoms with Crippen molar-refractivity contribution < 1.29 is 9.53 Å². The second kappa shape index (κ2) is 7.46. The van der Waals surface area contributed by atoms with Crippen LogP contribution in [0, 0.1) is 5.41 Å². The summed E-state index contributed by atoms with van der Waals surface area (Å²) in [6, 6.07) is 0.411. The van der Waals surface area contributed by atoms with Crippen molar-refractivity contribution in [1.29, 1.82) is 0 Å². The van der Waals surface area contributed by atoms with Crippen LogP contribution in [0.3, 0.4) is 0 Å². The average Bonchev–Trinajstić information content (AvgIpc) is 3.29. The van der Waals surface area contributed by atoms with Gasteiger partial charge in [-0.25, -0.2) is 4.98 Å². The molecule has 0 radical (unpaired) electrons. The normalized spacial score (nSPS) is 29.0. The predicted molar refractivity (Wildman–Crippen MR) is 95.1 cm³/mol. The van der Waals surface area contributed by atoms with Gasteiger partial charge in [-0.2, -0.15) is 0 Å². The molecule has 0 bridgehead atoms. The number of ether oxygens (including phenoxy) is 1. The lowest BCUT2D eigenvalue weighted by molar-refractivity contribution is -0.150. The molecule has 1 spiro atoms. The fourth-order valence-corrected chi connectivity index (χ4v) is 4.87. The van der Waals surface area contributed by atoms with Gasteiger partial charge in [0.05, 0.1) is 11.7 Å². The van der Waals surface area contributed by atoms with E-state index in [9.17, 15) is 4.79 Å². The van der Waals surface area contributed by atoms with Crippen molar-refractivity contribution in [1.82, 2.24) is 19.4 Å². The van der Waals surface area contributed by atoms with E-state index in [2.05, 4.69) is 19.4 Å². The van der Waals surface area contributed by atoms with Gasteiger partial charge in [-0.05, 0) is 51.6 Å². The number of hydrogen-bond acceptors (Lipinski definition) is 4. The van der Waals surface area contributed by atoms with Gasteiger partial charge in [-0.15, -0.1) is 0 Å². The summed E-state index contributed by atoms with van der Waals surface area (Å²) in [5, 5.41) is 0. The molecule has 0 N–H and O–H groups in total. The van der Waals surface area contributed by atoms with Crippen LogP contribution in [-0.2, 0) is 16.1 Å². The highest BCUT2D eigenvalue weighted by Gasteiger charge is 2.49. The molecule has 25 heavy (non-hydrogen) atoms. The van der Waals surface area contributed by atoms with Crippen LogP contribution in [0.1, 0.15) is 38.5 Å². The maximum Gasteiger partial charge on any atom is 0.230 e. The Morgan fingerprint density at radius 1 is 1.20 bits per heavy atom. The Hall–Kier alpha value is -1.40. The summed E-state index contributed by atoms with van der Waals surface area (Å²) in [7, 11) is 0. The zero-order valence-electron chi connectivity index (χ0n) is 15.1. The van der Waals surface area contributed by atoms with Crippen LogP contribution in [0.15, 0.2) is 18.7 Å². The molecular weight excluding hydrogens is 316 g/mol. The highest BCUT2D eigenvalue weighted by molar-refractivity contribution is 5.84. The minimum absolute atomic E-state index is 0.106. The molecule has 1 atom stereocenters. The monoisotopic (exact) mass is 346 g/mol. The van der Waals surface area contributed by atoms with Crippen LogP contribution >= 0.6 is 0 Å². The van der Waals surface area contributed by atoms with Gasteiger partial charge < -0.3 is 19.1 Å². The summed E-state index contributed by atoms with van der Waals surface area (Å²) >= 11 is 0. The van der Waals surface area contributed by atoms with E-state index in [0.29, 0.717) is 11.9 Å². The summed E-state index contributed by atoms with van der Waals surface area (Å²) in [6.07, 6.45) is 12.1. The molecule has 1 amide bonds. The molecule has 0 saturated carbocycles. The van der Waals surface area contributed by atoms with E-state index in [-0.39, 0.29) is 5.41 Å². The van der Waals surface area contributed by atoms with Crippen molar-refractivity contribution in [3.63, 3.8) is 0 Å². The van der Waals surface area contributed by atoms with Gasteiger partial charge in [-0.3, -0.25) is 4.79 Å². The van der Waals surface area contributed by atoms with Crippen molar-refractivity contribution in [2.75, 3.05) is 39.4 Å². The number of imidazole rings is 1. The molecule has 0 aromatic carbocycles. The van der Waals surface area contributed by atoms with Gasteiger partial charge >= 0.3 is 0 Å². The number of carbonyl (C=O) groups is 1. The maximum absolute atomic E-state index is 13.3. The molecule has 138 valence electrons. The average molecular weight is 346 g/mol. The van der Waals surface area contributed by atoms with Crippen LogP contribution in [0.25, 0.3) is 0 Å². The number of likely N-dealkylation sites (tertiary alicyclic amines) is 2. The smallest absolute Gasteiger partial charge is 0.230 e. The third kappa shape index (κ3) is 3.60. The Morgan fingerprint density at radius 3 is 2.88 bits per heavy atom. The van der Waals surface area contributed by atoms with Crippen molar-refractivity contribution in [3.8, 4) is 0 Å². The summed E-state index contributed by atoms with van der Waals surface area (Å²) in [5.41, 5.74) is -0.106. The lowest BCUT2D eigenvalue weighted by Crippen LogP contribution is -2.54. The van der Waals surface area contributed by atoms with E-state index in [4.69, 9.17) is 4.74 Å². The first-order valence-electron chi connectivity index (χ1n) is 9.84. The SMILES string of the molecule is O=C1N(C2CCOCC2)CCC[C@]12CCN(CCCn1ccnc1)C2. The van der Waals surface area contributed by atoms with E-state index in [0.717, 1.165) is 84.5 Å². The summed E-state index contributed by atoms with van der Waals surface area (Å²) in [6.45, 7) is 6.67. The first kappa shape index (κ1) is 17.0. The highest BCUT2D eigenvalue weighted by Crippen LogP contribution is 2.41. The van der Waals surface area contributed by atoms with Crippen molar-refractivity contribution in [2.24, 2.45) is 5.41 Å². The van der Waals surface area contributed by atoms with Crippen LogP contribution in [-0.4, -0.2) is 70.7 Å². The second-order valence-corrected chi connectivity index (χ2v) is 7.91. The van der Waals surface area contributed by atoms with Gasteiger partial charge in [0.2, 0.25) is 5.91 Å². The predicted octanol–water partition coefficient (Wildman–Crippen LogP) is 1.77. The largest absolute Gasteiger partial charge is 0.381 e. The molecule has 6 nitrogen and oxygen atoms in total. The quantitative estimate of drug-likeness (QED) is 0.815. The standard InChI is InChI=1S/C19H30N4O2/c24-18-19(5-1-10-23(18)17-3-13-25-14-4-17)6-11-21(15-19)8-2-9-22-12-7-20-16-22/h7,12,16-17H,1-6,8-11,13-15H2/t19-/m1/s1. The topological polar surface area (TPSA) is 50.6 Å². The molecule has 3 aliphatic rings. The molecular formula is C19H30N4O2. The molecule has 4 rings (SSSR count). The lowest BCUT2D eigenvalue weighted by Gasteiger charge is -2.44. The Morgan fingerprint density at radius 2 is 2.08 bits per heavy atom. The van der Waals surface area contributed by atoms with E-state index in [1.165, 1.54) is 0 Å². The van der Waals surface area contributed by atoms with Crippen LogP contribution in [0.2, 0.25) is 0 Å². The van der Waals surface area contributed by atoms with E-state index in [1.807, 2.05) is 18.7 Å². The van der Waals surface area contributed by atoms with Crippen LogP contribution in [0.5, 0.6) is 0 Å². The van der Waals surface area contributed by atoms with Crippen LogP contribution in [0.4, 0.5) is 0 Å². The van der Waals surface area contributed by atoms with E-state index < -0.39 is 0 Å². The maximum atomic E-state index is 13.3. The Bertz CT molecular complexity index is 570. The third-order valence-electron chi connectivity index (χ3n) is 6.28. The minimum Gasteiger partial charge on any atom is -0.381 e. The van der Waals surface area contributed by atoms with E-state index in [1.54, 1.807) is 0 Å². The highest BCUT2D eigenvalue weighted by atomic mass is 16.5. The lowest BCUT2D eigenvalue weighted by atomic mass is 9.77. The summed E-state index contributed by atoms with van der Waals surface area (Å²) in [5.74, 6) is 0.433. The minimum atomic E-state index is -0.106. The number of amides is 1. The zero-order valence-corrected chi connectivity index (χ0v) is 15.1. The van der Waals surface area contributed by atoms with Gasteiger partial charge in [0, 0.05) is 51.3 Å². The molecule has 1 aromatic rings. The van der Waals surface area contributed by atoms with Crippen LogP contribution < -0.4 is 0 Å². The van der Waals surface area contributed by atoms with E-state index >= 15 is 0 Å². The molecule has 3 fully saturated rings. The second-order valence-electron chi connectivity index (χ2n) is 7.91. The number of hydrogen-bond donors (Lipinski definition) is 0. The van der Waals surface area contributed by atoms with Gasteiger partial charge in [0.15, 0.2) is 0 Å². The zero-order chi connectivity index (χ0) is 17.1. The third-order valence-corrected chi connectivity index (χ3v) is 6.28. The number of carbonyl (C=O) groups excluding carboxylic acids is 1. The molecule has 3 aliphatic heterocycles. The van der Waals surface area contributed by atoms with Gasteiger partial charge in [-0.1, -0.05) is 0 Å².